The Kier molecular flexibility index (Phi) is 4.01. The molecular formula is C13H21N3O2. The number of carbonyl (C=O) groups excluding carboxylic acids is 1. The monoisotopic (exact) mass is 251 g/mol. The third-order valence-electron chi connectivity index (χ3n) is 3.46. The van der Waals surface area contributed by atoms with E-state index < -0.39 is 0 Å². The first-order valence-electron chi connectivity index (χ1n) is 6.63. The van der Waals surface area contributed by atoms with Crippen molar-refractivity contribution in [3.05, 3.63) is 18.0 Å². The van der Waals surface area contributed by atoms with Crippen LogP contribution in [-0.4, -0.2) is 44.4 Å². The van der Waals surface area contributed by atoms with Gasteiger partial charge in [0.2, 0.25) is 0 Å². The summed E-state index contributed by atoms with van der Waals surface area (Å²) < 4.78 is 1.76. The van der Waals surface area contributed by atoms with E-state index in [1.54, 1.807) is 24.0 Å². The van der Waals surface area contributed by atoms with E-state index in [-0.39, 0.29) is 18.1 Å². The SMILES string of the molecule is CCn1cc(C(=O)N2CCC[C@@H]2C[C@@H](C)O)cn1. The predicted molar refractivity (Wildman–Crippen MR) is 68.3 cm³/mol. The lowest BCUT2D eigenvalue weighted by Crippen LogP contribution is -2.37. The van der Waals surface area contributed by atoms with Gasteiger partial charge in [0, 0.05) is 25.3 Å². The molecule has 1 fully saturated rings. The van der Waals surface area contributed by atoms with Gasteiger partial charge in [0.15, 0.2) is 0 Å². The molecule has 2 atom stereocenters. The van der Waals surface area contributed by atoms with Crippen LogP contribution in [0.3, 0.4) is 0 Å². The van der Waals surface area contributed by atoms with Crippen LogP contribution in [0.15, 0.2) is 12.4 Å². The minimum absolute atomic E-state index is 0.0397. The molecule has 0 aromatic carbocycles. The molecule has 5 nitrogen and oxygen atoms in total. The smallest absolute Gasteiger partial charge is 0.257 e. The van der Waals surface area contributed by atoms with E-state index in [4.69, 9.17) is 0 Å². The van der Waals surface area contributed by atoms with Crippen molar-refractivity contribution < 1.29 is 9.90 Å². The van der Waals surface area contributed by atoms with Crippen molar-refractivity contribution in [1.82, 2.24) is 14.7 Å². The summed E-state index contributed by atoms with van der Waals surface area (Å²) in [5.74, 6) is 0.0397. The number of aliphatic hydroxyl groups is 1. The van der Waals surface area contributed by atoms with E-state index in [2.05, 4.69) is 5.10 Å². The van der Waals surface area contributed by atoms with Crippen LogP contribution in [0.4, 0.5) is 0 Å². The van der Waals surface area contributed by atoms with Crippen molar-refractivity contribution in [2.75, 3.05) is 6.54 Å². The van der Waals surface area contributed by atoms with Crippen LogP contribution >= 0.6 is 0 Å². The fourth-order valence-corrected chi connectivity index (χ4v) is 2.55. The Balaban J connectivity index is 2.07. The summed E-state index contributed by atoms with van der Waals surface area (Å²) in [6.45, 7) is 5.32. The number of hydrogen-bond acceptors (Lipinski definition) is 3. The van der Waals surface area contributed by atoms with Crippen LogP contribution < -0.4 is 0 Å². The second kappa shape index (κ2) is 5.52. The summed E-state index contributed by atoms with van der Waals surface area (Å²) in [5.41, 5.74) is 0.648. The maximum absolute atomic E-state index is 12.4. The summed E-state index contributed by atoms with van der Waals surface area (Å²) in [5, 5.41) is 13.6. The van der Waals surface area contributed by atoms with Crippen molar-refractivity contribution >= 4 is 5.91 Å². The lowest BCUT2D eigenvalue weighted by molar-refractivity contribution is 0.0682. The average Bonchev–Trinajstić information content (AvgIpc) is 2.95. The van der Waals surface area contributed by atoms with Gasteiger partial charge in [0.1, 0.15) is 0 Å². The lowest BCUT2D eigenvalue weighted by Gasteiger charge is -2.25. The van der Waals surface area contributed by atoms with Gasteiger partial charge in [-0.2, -0.15) is 5.10 Å². The summed E-state index contributed by atoms with van der Waals surface area (Å²) in [4.78, 5) is 14.2. The van der Waals surface area contributed by atoms with Gasteiger partial charge in [-0.1, -0.05) is 0 Å². The number of likely N-dealkylation sites (tertiary alicyclic amines) is 1. The van der Waals surface area contributed by atoms with Crippen molar-refractivity contribution in [1.29, 1.82) is 0 Å². The number of nitrogens with zero attached hydrogens (tertiary/aromatic N) is 3. The number of rotatable bonds is 4. The minimum Gasteiger partial charge on any atom is -0.393 e. The number of carbonyl (C=O) groups is 1. The first-order valence-corrected chi connectivity index (χ1v) is 6.63. The normalized spacial score (nSPS) is 21.3. The maximum Gasteiger partial charge on any atom is 0.257 e. The summed E-state index contributed by atoms with van der Waals surface area (Å²) >= 11 is 0. The van der Waals surface area contributed by atoms with Gasteiger partial charge >= 0.3 is 0 Å². The molecule has 0 aliphatic carbocycles. The van der Waals surface area contributed by atoms with E-state index in [1.807, 2.05) is 11.8 Å². The van der Waals surface area contributed by atoms with Crippen LogP contribution in [0, 0.1) is 0 Å². The molecule has 0 saturated carbocycles. The average molecular weight is 251 g/mol. The first kappa shape index (κ1) is 13.1. The zero-order valence-electron chi connectivity index (χ0n) is 11.0. The second-order valence-corrected chi connectivity index (χ2v) is 4.96. The molecule has 1 saturated heterocycles. The molecule has 1 aromatic heterocycles. The van der Waals surface area contributed by atoms with Crippen LogP contribution in [-0.2, 0) is 6.54 Å². The van der Waals surface area contributed by atoms with Crippen molar-refractivity contribution in [3.63, 3.8) is 0 Å². The zero-order valence-corrected chi connectivity index (χ0v) is 11.0. The topological polar surface area (TPSA) is 58.4 Å². The highest BCUT2D eigenvalue weighted by atomic mass is 16.3. The Labute approximate surface area is 107 Å². The molecular weight excluding hydrogens is 230 g/mol. The highest BCUT2D eigenvalue weighted by molar-refractivity contribution is 5.94. The molecule has 0 unspecified atom stereocenters. The summed E-state index contributed by atoms with van der Waals surface area (Å²) in [7, 11) is 0. The number of aryl methyl sites for hydroxylation is 1. The maximum atomic E-state index is 12.4. The van der Waals surface area contributed by atoms with Gasteiger partial charge in [-0.05, 0) is 33.1 Å². The minimum atomic E-state index is -0.359. The van der Waals surface area contributed by atoms with Gasteiger partial charge in [0.25, 0.3) is 5.91 Å². The Hall–Kier alpha value is -1.36. The molecule has 18 heavy (non-hydrogen) atoms. The largest absolute Gasteiger partial charge is 0.393 e. The van der Waals surface area contributed by atoms with Crippen molar-refractivity contribution in [2.24, 2.45) is 0 Å². The summed E-state index contributed by atoms with van der Waals surface area (Å²) in [6, 6.07) is 0.169. The van der Waals surface area contributed by atoms with Gasteiger partial charge in [0.05, 0.1) is 17.9 Å². The van der Waals surface area contributed by atoms with Gasteiger partial charge in [-0.25, -0.2) is 0 Å². The van der Waals surface area contributed by atoms with E-state index in [0.29, 0.717) is 12.0 Å². The Morgan fingerprint density at radius 1 is 1.67 bits per heavy atom. The quantitative estimate of drug-likeness (QED) is 0.877. The molecule has 1 aromatic rings. The standard InChI is InChI=1S/C13H21N3O2/c1-3-15-9-11(8-14-15)13(18)16-6-4-5-12(16)7-10(2)17/h8-10,12,17H,3-7H2,1-2H3/t10-,12-/m1/s1. The molecule has 100 valence electrons. The van der Waals surface area contributed by atoms with Crippen molar-refractivity contribution in [3.8, 4) is 0 Å². The first-order chi connectivity index (χ1) is 8.61. The fraction of sp³-hybridized carbons (Fsp3) is 0.692. The zero-order chi connectivity index (χ0) is 13.1. The van der Waals surface area contributed by atoms with Crippen LogP contribution in [0.25, 0.3) is 0 Å². The highest BCUT2D eigenvalue weighted by Crippen LogP contribution is 2.23. The molecule has 1 aliphatic rings. The molecule has 1 amide bonds. The predicted octanol–water partition coefficient (Wildman–Crippen LogP) is 1.28. The molecule has 1 N–H and O–H groups in total. The Morgan fingerprint density at radius 3 is 3.06 bits per heavy atom. The number of aliphatic hydroxyl groups excluding tert-OH is 1. The van der Waals surface area contributed by atoms with Gasteiger partial charge < -0.3 is 10.0 Å². The number of aromatic nitrogens is 2. The van der Waals surface area contributed by atoms with E-state index in [9.17, 15) is 9.90 Å². The molecule has 1 aliphatic heterocycles. The van der Waals surface area contributed by atoms with E-state index >= 15 is 0 Å². The second-order valence-electron chi connectivity index (χ2n) is 4.96. The van der Waals surface area contributed by atoms with Crippen LogP contribution in [0.2, 0.25) is 0 Å². The third kappa shape index (κ3) is 2.72. The Morgan fingerprint density at radius 2 is 2.44 bits per heavy atom. The highest BCUT2D eigenvalue weighted by Gasteiger charge is 2.30. The molecule has 0 spiro atoms. The molecule has 0 radical (unpaired) electrons. The number of hydrogen-bond donors (Lipinski definition) is 1. The molecule has 2 heterocycles. The third-order valence-corrected chi connectivity index (χ3v) is 3.46. The van der Waals surface area contributed by atoms with Gasteiger partial charge in [-0.3, -0.25) is 9.48 Å². The van der Waals surface area contributed by atoms with Crippen LogP contribution in [0.1, 0.15) is 43.5 Å². The van der Waals surface area contributed by atoms with Crippen LogP contribution in [0.5, 0.6) is 0 Å². The molecule has 0 bridgehead atoms. The van der Waals surface area contributed by atoms with Gasteiger partial charge in [-0.15, -0.1) is 0 Å². The molecule has 5 heteroatoms. The van der Waals surface area contributed by atoms with E-state index in [0.717, 1.165) is 25.9 Å². The fourth-order valence-electron chi connectivity index (χ4n) is 2.55. The Bertz CT molecular complexity index is 414. The van der Waals surface area contributed by atoms with E-state index in [1.165, 1.54) is 0 Å². The summed E-state index contributed by atoms with van der Waals surface area (Å²) in [6.07, 6.45) is 5.72. The number of amides is 1. The molecule has 2 rings (SSSR count). The van der Waals surface area contributed by atoms with Crippen molar-refractivity contribution in [2.45, 2.75) is 51.8 Å². The lowest BCUT2D eigenvalue weighted by atomic mass is 10.1.